The molecule has 5 nitrogen and oxygen atoms in total. The lowest BCUT2D eigenvalue weighted by Crippen LogP contribution is -2.37. The number of carbonyl (C=O) groups is 2. The number of amides is 2. The van der Waals surface area contributed by atoms with Gasteiger partial charge in [-0.1, -0.05) is 31.9 Å². The zero-order valence-corrected chi connectivity index (χ0v) is 12.1. The van der Waals surface area contributed by atoms with Crippen molar-refractivity contribution in [2.24, 2.45) is 0 Å². The second-order valence-electron chi connectivity index (χ2n) is 4.79. The Morgan fingerprint density at radius 2 is 2.05 bits per heavy atom. The summed E-state index contributed by atoms with van der Waals surface area (Å²) in [7, 11) is 1.76. The Labute approximate surface area is 119 Å². The lowest BCUT2D eigenvalue weighted by Gasteiger charge is -2.17. The molecule has 1 aromatic rings. The van der Waals surface area contributed by atoms with E-state index >= 15 is 0 Å². The van der Waals surface area contributed by atoms with Crippen LogP contribution in [0.4, 0.5) is 4.79 Å². The van der Waals surface area contributed by atoms with Gasteiger partial charge in [0, 0.05) is 20.1 Å². The van der Waals surface area contributed by atoms with Crippen molar-refractivity contribution in [3.05, 3.63) is 35.4 Å². The largest absolute Gasteiger partial charge is 0.478 e. The molecule has 2 amide bonds. The summed E-state index contributed by atoms with van der Waals surface area (Å²) in [4.78, 5) is 24.3. The van der Waals surface area contributed by atoms with Crippen LogP contribution in [0.2, 0.25) is 0 Å². The van der Waals surface area contributed by atoms with Gasteiger partial charge in [0.2, 0.25) is 0 Å². The summed E-state index contributed by atoms with van der Waals surface area (Å²) in [6.07, 6.45) is 3.23. The molecule has 0 aliphatic heterocycles. The van der Waals surface area contributed by atoms with Gasteiger partial charge in [0.25, 0.3) is 0 Å². The molecule has 0 aliphatic carbocycles. The predicted octanol–water partition coefficient (Wildman–Crippen LogP) is 2.72. The number of nitrogens with zero attached hydrogens (tertiary/aromatic N) is 1. The van der Waals surface area contributed by atoms with Crippen molar-refractivity contribution < 1.29 is 14.7 Å². The number of carbonyl (C=O) groups excluding carboxylic acids is 1. The zero-order chi connectivity index (χ0) is 15.0. The van der Waals surface area contributed by atoms with Gasteiger partial charge >= 0.3 is 12.0 Å². The second kappa shape index (κ2) is 8.19. The van der Waals surface area contributed by atoms with Crippen LogP contribution in [-0.4, -0.2) is 35.6 Å². The highest BCUT2D eigenvalue weighted by Crippen LogP contribution is 2.05. The van der Waals surface area contributed by atoms with Crippen molar-refractivity contribution >= 4 is 12.0 Å². The maximum Gasteiger partial charge on any atom is 0.335 e. The first-order valence-electron chi connectivity index (χ1n) is 6.85. The Morgan fingerprint density at radius 1 is 1.30 bits per heavy atom. The van der Waals surface area contributed by atoms with Gasteiger partial charge in [-0.3, -0.25) is 0 Å². The van der Waals surface area contributed by atoms with E-state index in [0.717, 1.165) is 31.4 Å². The van der Waals surface area contributed by atoms with Gasteiger partial charge in [-0.25, -0.2) is 9.59 Å². The number of hydrogen-bond acceptors (Lipinski definition) is 2. The highest BCUT2D eigenvalue weighted by atomic mass is 16.4. The van der Waals surface area contributed by atoms with E-state index in [1.54, 1.807) is 30.1 Å². The van der Waals surface area contributed by atoms with Gasteiger partial charge in [0.1, 0.15) is 0 Å². The normalized spacial score (nSPS) is 10.1. The van der Waals surface area contributed by atoms with E-state index in [-0.39, 0.29) is 11.6 Å². The fraction of sp³-hybridized carbons (Fsp3) is 0.467. The van der Waals surface area contributed by atoms with Crippen molar-refractivity contribution in [1.82, 2.24) is 10.2 Å². The minimum atomic E-state index is -0.963. The van der Waals surface area contributed by atoms with Crippen molar-refractivity contribution in [3.8, 4) is 0 Å². The molecule has 0 spiro atoms. The Hall–Kier alpha value is -2.04. The van der Waals surface area contributed by atoms with Crippen LogP contribution >= 0.6 is 0 Å². The molecule has 0 unspecified atom stereocenters. The third-order valence-electron chi connectivity index (χ3n) is 3.06. The van der Waals surface area contributed by atoms with Gasteiger partial charge in [-0.05, 0) is 24.1 Å². The van der Waals surface area contributed by atoms with Gasteiger partial charge in [-0.15, -0.1) is 0 Å². The predicted molar refractivity (Wildman–Crippen MR) is 77.8 cm³/mol. The van der Waals surface area contributed by atoms with Crippen LogP contribution in [-0.2, 0) is 6.54 Å². The van der Waals surface area contributed by atoms with Crippen molar-refractivity contribution in [1.29, 1.82) is 0 Å². The molecule has 1 aromatic carbocycles. The summed E-state index contributed by atoms with van der Waals surface area (Å²) < 4.78 is 0. The first-order chi connectivity index (χ1) is 9.54. The summed E-state index contributed by atoms with van der Waals surface area (Å²) in [5, 5.41) is 11.7. The second-order valence-corrected chi connectivity index (χ2v) is 4.79. The summed E-state index contributed by atoms with van der Waals surface area (Å²) >= 11 is 0. The topological polar surface area (TPSA) is 69.6 Å². The average Bonchev–Trinajstić information content (AvgIpc) is 2.45. The number of nitrogens with one attached hydrogen (secondary N) is 1. The van der Waals surface area contributed by atoms with Gasteiger partial charge in [-0.2, -0.15) is 0 Å². The maximum atomic E-state index is 11.8. The van der Waals surface area contributed by atoms with Crippen molar-refractivity contribution in [3.63, 3.8) is 0 Å². The molecular weight excluding hydrogens is 256 g/mol. The molecule has 0 saturated carbocycles. The third kappa shape index (κ3) is 5.30. The Balaban J connectivity index is 2.44. The third-order valence-corrected chi connectivity index (χ3v) is 3.06. The highest BCUT2D eigenvalue weighted by molar-refractivity contribution is 5.87. The zero-order valence-electron chi connectivity index (χ0n) is 12.1. The van der Waals surface area contributed by atoms with E-state index in [0.29, 0.717) is 6.54 Å². The SMILES string of the molecule is CCCCCN(C)C(=O)NCc1cccc(C(=O)O)c1. The molecule has 20 heavy (non-hydrogen) atoms. The van der Waals surface area contributed by atoms with Crippen LogP contribution in [0.5, 0.6) is 0 Å². The molecule has 0 saturated heterocycles. The number of rotatable bonds is 7. The van der Waals surface area contributed by atoms with E-state index in [9.17, 15) is 9.59 Å². The molecule has 0 bridgehead atoms. The summed E-state index contributed by atoms with van der Waals surface area (Å²) in [6, 6.07) is 6.44. The molecule has 0 atom stereocenters. The summed E-state index contributed by atoms with van der Waals surface area (Å²) in [5.41, 5.74) is 1.01. The monoisotopic (exact) mass is 278 g/mol. The smallest absolute Gasteiger partial charge is 0.335 e. The Bertz CT molecular complexity index is 460. The molecule has 2 N–H and O–H groups in total. The quantitative estimate of drug-likeness (QED) is 0.753. The molecular formula is C15H22N2O3. The Kier molecular flexibility index (Phi) is 6.56. The molecule has 5 heteroatoms. The molecule has 0 heterocycles. The van der Waals surface area contributed by atoms with E-state index < -0.39 is 5.97 Å². The molecule has 1 rings (SSSR count). The lowest BCUT2D eigenvalue weighted by atomic mass is 10.1. The average molecular weight is 278 g/mol. The number of unbranched alkanes of at least 4 members (excludes halogenated alkanes) is 2. The van der Waals surface area contributed by atoms with Crippen molar-refractivity contribution in [2.45, 2.75) is 32.7 Å². The van der Waals surface area contributed by atoms with Gasteiger partial charge in [0.15, 0.2) is 0 Å². The van der Waals surface area contributed by atoms with Crippen LogP contribution in [0.3, 0.4) is 0 Å². The first-order valence-corrected chi connectivity index (χ1v) is 6.85. The van der Waals surface area contributed by atoms with E-state index in [4.69, 9.17) is 5.11 Å². The number of carboxylic acids is 1. The van der Waals surface area contributed by atoms with Crippen LogP contribution in [0, 0.1) is 0 Å². The number of urea groups is 1. The minimum absolute atomic E-state index is 0.137. The molecule has 110 valence electrons. The summed E-state index contributed by atoms with van der Waals surface area (Å²) in [5.74, 6) is -0.963. The molecule has 0 fully saturated rings. The number of hydrogen-bond donors (Lipinski definition) is 2. The summed E-state index contributed by atoms with van der Waals surface area (Å²) in [6.45, 7) is 3.18. The van der Waals surface area contributed by atoms with Gasteiger partial charge < -0.3 is 15.3 Å². The van der Waals surface area contributed by atoms with E-state index in [1.807, 2.05) is 0 Å². The number of carboxylic acid groups (broad SMARTS) is 1. The highest BCUT2D eigenvalue weighted by Gasteiger charge is 2.08. The first kappa shape index (κ1) is 16.0. The van der Waals surface area contributed by atoms with Crippen molar-refractivity contribution in [2.75, 3.05) is 13.6 Å². The molecule has 0 radical (unpaired) electrons. The minimum Gasteiger partial charge on any atom is -0.478 e. The maximum absolute atomic E-state index is 11.8. The molecule has 0 aromatic heterocycles. The van der Waals surface area contributed by atoms with Gasteiger partial charge in [0.05, 0.1) is 5.56 Å². The van der Waals surface area contributed by atoms with Crippen LogP contribution in [0.1, 0.15) is 42.1 Å². The fourth-order valence-corrected chi connectivity index (χ4v) is 1.83. The number of benzene rings is 1. The van der Waals surface area contributed by atoms with Crippen LogP contribution in [0.15, 0.2) is 24.3 Å². The van der Waals surface area contributed by atoms with Crippen LogP contribution < -0.4 is 5.32 Å². The Morgan fingerprint density at radius 3 is 2.70 bits per heavy atom. The fourth-order valence-electron chi connectivity index (χ4n) is 1.83. The van der Waals surface area contributed by atoms with E-state index in [1.165, 1.54) is 6.07 Å². The number of aromatic carboxylic acids is 1. The lowest BCUT2D eigenvalue weighted by molar-refractivity contribution is 0.0696. The van der Waals surface area contributed by atoms with Crippen LogP contribution in [0.25, 0.3) is 0 Å². The molecule has 0 aliphatic rings. The standard InChI is InChI=1S/C15H22N2O3/c1-3-4-5-9-17(2)15(20)16-11-12-7-6-8-13(10-12)14(18)19/h6-8,10H,3-5,9,11H2,1-2H3,(H,16,20)(H,18,19). The van der Waals surface area contributed by atoms with E-state index in [2.05, 4.69) is 12.2 Å².